The Labute approximate surface area is 89.0 Å². The van der Waals surface area contributed by atoms with Crippen molar-refractivity contribution in [2.24, 2.45) is 5.73 Å². The van der Waals surface area contributed by atoms with Gasteiger partial charge in [-0.15, -0.1) is 0 Å². The van der Waals surface area contributed by atoms with Gasteiger partial charge in [0, 0.05) is 0 Å². The molecule has 0 spiro atoms. The number of methoxy groups -OCH3 is 2. The fourth-order valence-electron chi connectivity index (χ4n) is 1.25. The van der Waals surface area contributed by atoms with Crippen LogP contribution in [0.5, 0.6) is 11.5 Å². The van der Waals surface area contributed by atoms with Crippen molar-refractivity contribution in [3.63, 3.8) is 0 Å². The monoisotopic (exact) mass is 209 g/mol. The van der Waals surface area contributed by atoms with E-state index < -0.39 is 6.04 Å². The average molecular weight is 209 g/mol. The number of hydrogen-bond donors (Lipinski definition) is 1. The molecule has 0 bridgehead atoms. The molecule has 0 saturated carbocycles. The van der Waals surface area contributed by atoms with E-state index in [4.69, 9.17) is 15.2 Å². The molecule has 1 atom stereocenters. The van der Waals surface area contributed by atoms with Crippen LogP contribution in [0.25, 0.3) is 0 Å². The molecule has 4 heteroatoms. The van der Waals surface area contributed by atoms with Crippen LogP contribution in [0, 0.1) is 0 Å². The van der Waals surface area contributed by atoms with E-state index >= 15 is 0 Å². The SMILES string of the molecule is COc1ccc(OC)c(C(=O)[C@H](C)N)c1. The van der Waals surface area contributed by atoms with E-state index in [-0.39, 0.29) is 5.78 Å². The molecule has 4 nitrogen and oxygen atoms in total. The highest BCUT2D eigenvalue weighted by Crippen LogP contribution is 2.24. The summed E-state index contributed by atoms with van der Waals surface area (Å²) in [5, 5.41) is 0. The molecule has 0 aliphatic carbocycles. The summed E-state index contributed by atoms with van der Waals surface area (Å²) < 4.78 is 10.1. The smallest absolute Gasteiger partial charge is 0.183 e. The lowest BCUT2D eigenvalue weighted by atomic mass is 10.0. The van der Waals surface area contributed by atoms with E-state index in [1.54, 1.807) is 32.2 Å². The van der Waals surface area contributed by atoms with Crippen molar-refractivity contribution in [1.29, 1.82) is 0 Å². The van der Waals surface area contributed by atoms with Gasteiger partial charge in [-0.2, -0.15) is 0 Å². The van der Waals surface area contributed by atoms with Gasteiger partial charge in [0.1, 0.15) is 11.5 Å². The Kier molecular flexibility index (Phi) is 3.68. The number of carbonyl (C=O) groups is 1. The maximum atomic E-state index is 11.7. The van der Waals surface area contributed by atoms with Gasteiger partial charge in [0.15, 0.2) is 5.78 Å². The van der Waals surface area contributed by atoms with Gasteiger partial charge < -0.3 is 15.2 Å². The Morgan fingerprint density at radius 3 is 2.47 bits per heavy atom. The predicted molar refractivity (Wildman–Crippen MR) is 57.5 cm³/mol. The van der Waals surface area contributed by atoms with Gasteiger partial charge in [-0.05, 0) is 25.1 Å². The minimum Gasteiger partial charge on any atom is -0.497 e. The van der Waals surface area contributed by atoms with Crippen molar-refractivity contribution in [2.45, 2.75) is 13.0 Å². The molecule has 0 unspecified atom stereocenters. The lowest BCUT2D eigenvalue weighted by Gasteiger charge is -2.11. The number of Topliss-reactive ketones (excluding diaryl/α,β-unsaturated/α-hetero) is 1. The van der Waals surface area contributed by atoms with E-state index in [1.807, 2.05) is 0 Å². The zero-order chi connectivity index (χ0) is 11.4. The minimum absolute atomic E-state index is 0.161. The topological polar surface area (TPSA) is 61.5 Å². The Hall–Kier alpha value is -1.55. The van der Waals surface area contributed by atoms with E-state index in [9.17, 15) is 4.79 Å². The lowest BCUT2D eigenvalue weighted by Crippen LogP contribution is -2.27. The summed E-state index contributed by atoms with van der Waals surface area (Å²) in [5.41, 5.74) is 5.99. The van der Waals surface area contributed by atoms with Gasteiger partial charge in [0.05, 0.1) is 25.8 Å². The fourth-order valence-corrected chi connectivity index (χ4v) is 1.25. The number of rotatable bonds is 4. The van der Waals surface area contributed by atoms with Crippen LogP contribution in [0.3, 0.4) is 0 Å². The summed E-state index contributed by atoms with van der Waals surface area (Å²) in [7, 11) is 3.06. The highest BCUT2D eigenvalue weighted by atomic mass is 16.5. The first-order chi connectivity index (χ1) is 7.10. The second kappa shape index (κ2) is 4.79. The van der Waals surface area contributed by atoms with Gasteiger partial charge in [0.2, 0.25) is 0 Å². The van der Waals surface area contributed by atoms with Crippen LogP contribution in [0.4, 0.5) is 0 Å². The number of benzene rings is 1. The minimum atomic E-state index is -0.550. The van der Waals surface area contributed by atoms with Crippen molar-refractivity contribution in [3.8, 4) is 11.5 Å². The lowest BCUT2D eigenvalue weighted by molar-refractivity contribution is 0.0964. The third kappa shape index (κ3) is 2.47. The van der Waals surface area contributed by atoms with E-state index in [1.165, 1.54) is 7.11 Å². The molecule has 0 amide bonds. The van der Waals surface area contributed by atoms with Crippen LogP contribution in [-0.4, -0.2) is 26.0 Å². The first kappa shape index (κ1) is 11.5. The molecule has 1 aromatic rings. The van der Waals surface area contributed by atoms with Gasteiger partial charge in [-0.3, -0.25) is 4.79 Å². The molecule has 0 saturated heterocycles. The highest BCUT2D eigenvalue weighted by molar-refractivity contribution is 6.02. The number of carbonyl (C=O) groups excluding carboxylic acids is 1. The van der Waals surface area contributed by atoms with Crippen molar-refractivity contribution in [3.05, 3.63) is 23.8 Å². The molecular weight excluding hydrogens is 194 g/mol. The van der Waals surface area contributed by atoms with Gasteiger partial charge >= 0.3 is 0 Å². The summed E-state index contributed by atoms with van der Waals surface area (Å²) in [4.78, 5) is 11.7. The van der Waals surface area contributed by atoms with Crippen LogP contribution in [0.1, 0.15) is 17.3 Å². The van der Waals surface area contributed by atoms with Crippen molar-refractivity contribution >= 4 is 5.78 Å². The van der Waals surface area contributed by atoms with E-state index in [2.05, 4.69) is 0 Å². The van der Waals surface area contributed by atoms with Crippen LogP contribution >= 0.6 is 0 Å². The molecule has 2 N–H and O–H groups in total. The molecule has 0 aliphatic heterocycles. The number of nitrogens with two attached hydrogens (primary N) is 1. The summed E-state index contributed by atoms with van der Waals surface area (Å²) in [5.74, 6) is 0.962. The van der Waals surface area contributed by atoms with Gasteiger partial charge in [-0.1, -0.05) is 0 Å². The zero-order valence-corrected chi connectivity index (χ0v) is 9.11. The largest absolute Gasteiger partial charge is 0.497 e. The molecule has 0 aliphatic rings. The quantitative estimate of drug-likeness (QED) is 0.758. The Bertz CT molecular complexity index is 361. The van der Waals surface area contributed by atoms with Crippen molar-refractivity contribution < 1.29 is 14.3 Å². The summed E-state index contributed by atoms with van der Waals surface area (Å²) in [6.07, 6.45) is 0. The third-order valence-corrected chi connectivity index (χ3v) is 2.09. The molecule has 82 valence electrons. The standard InChI is InChI=1S/C11H15NO3/c1-7(12)11(13)9-6-8(14-2)4-5-10(9)15-3/h4-7H,12H2,1-3H3/t7-/m0/s1. The van der Waals surface area contributed by atoms with E-state index in [0.29, 0.717) is 17.1 Å². The molecule has 15 heavy (non-hydrogen) atoms. The highest BCUT2D eigenvalue weighted by Gasteiger charge is 2.16. The van der Waals surface area contributed by atoms with Crippen LogP contribution in [0.2, 0.25) is 0 Å². The second-order valence-corrected chi connectivity index (χ2v) is 3.22. The van der Waals surface area contributed by atoms with Gasteiger partial charge in [-0.25, -0.2) is 0 Å². The number of hydrogen-bond acceptors (Lipinski definition) is 4. The molecule has 1 rings (SSSR count). The van der Waals surface area contributed by atoms with Crippen LogP contribution < -0.4 is 15.2 Å². The molecular formula is C11H15NO3. The predicted octanol–water partition coefficient (Wildman–Crippen LogP) is 1.23. The number of ketones is 1. The summed E-state index contributed by atoms with van der Waals surface area (Å²) in [6.45, 7) is 1.64. The number of ether oxygens (including phenoxy) is 2. The fraction of sp³-hybridized carbons (Fsp3) is 0.364. The Balaban J connectivity index is 3.17. The first-order valence-electron chi connectivity index (χ1n) is 4.62. The molecule has 0 aromatic heterocycles. The summed E-state index contributed by atoms with van der Waals surface area (Å²) >= 11 is 0. The average Bonchev–Trinajstić information content (AvgIpc) is 2.27. The van der Waals surface area contributed by atoms with Crippen molar-refractivity contribution in [1.82, 2.24) is 0 Å². The molecule has 0 heterocycles. The zero-order valence-electron chi connectivity index (χ0n) is 9.11. The van der Waals surface area contributed by atoms with E-state index in [0.717, 1.165) is 0 Å². The van der Waals surface area contributed by atoms with Crippen molar-refractivity contribution in [2.75, 3.05) is 14.2 Å². The van der Waals surface area contributed by atoms with Crippen LogP contribution in [0.15, 0.2) is 18.2 Å². The first-order valence-corrected chi connectivity index (χ1v) is 4.62. The normalized spacial score (nSPS) is 12.0. The molecule has 1 aromatic carbocycles. The molecule has 0 fully saturated rings. The Morgan fingerprint density at radius 2 is 2.00 bits per heavy atom. The maximum Gasteiger partial charge on any atom is 0.183 e. The molecule has 0 radical (unpaired) electrons. The van der Waals surface area contributed by atoms with Crippen LogP contribution in [-0.2, 0) is 0 Å². The second-order valence-electron chi connectivity index (χ2n) is 3.22. The van der Waals surface area contributed by atoms with Gasteiger partial charge in [0.25, 0.3) is 0 Å². The summed E-state index contributed by atoms with van der Waals surface area (Å²) in [6, 6.07) is 4.50. The maximum absolute atomic E-state index is 11.7. The Morgan fingerprint density at radius 1 is 1.33 bits per heavy atom. The third-order valence-electron chi connectivity index (χ3n) is 2.09.